The standard InChI is InChI=1S/C10H13BrO/c1-3-10(11)8-5-4-6-9(7-8)12-2/h4-7,10H,3H2,1-2H3. The summed E-state index contributed by atoms with van der Waals surface area (Å²) < 4.78 is 5.13. The fourth-order valence-corrected chi connectivity index (χ4v) is 1.36. The number of halogens is 1. The third-order valence-electron chi connectivity index (χ3n) is 1.81. The number of ether oxygens (including phenoxy) is 1. The Morgan fingerprint density at radius 3 is 2.83 bits per heavy atom. The Hall–Kier alpha value is -0.500. The molecule has 0 bridgehead atoms. The Morgan fingerprint density at radius 2 is 2.25 bits per heavy atom. The molecule has 0 saturated carbocycles. The van der Waals surface area contributed by atoms with E-state index < -0.39 is 0 Å². The summed E-state index contributed by atoms with van der Waals surface area (Å²) in [4.78, 5) is 0.438. The number of rotatable bonds is 3. The molecule has 0 aromatic heterocycles. The molecule has 0 spiro atoms. The molecule has 0 saturated heterocycles. The van der Waals surface area contributed by atoms with Crippen molar-refractivity contribution >= 4 is 15.9 Å². The molecule has 0 heterocycles. The second-order valence-corrected chi connectivity index (χ2v) is 3.76. The zero-order valence-electron chi connectivity index (χ0n) is 7.38. The largest absolute Gasteiger partial charge is 0.497 e. The third-order valence-corrected chi connectivity index (χ3v) is 2.99. The van der Waals surface area contributed by atoms with Crippen molar-refractivity contribution < 1.29 is 4.74 Å². The van der Waals surface area contributed by atoms with Crippen LogP contribution in [0, 0.1) is 0 Å². The minimum Gasteiger partial charge on any atom is -0.497 e. The first-order chi connectivity index (χ1) is 5.77. The highest BCUT2D eigenvalue weighted by Crippen LogP contribution is 2.28. The summed E-state index contributed by atoms with van der Waals surface area (Å²) in [6.45, 7) is 2.15. The van der Waals surface area contributed by atoms with Gasteiger partial charge < -0.3 is 4.74 Å². The van der Waals surface area contributed by atoms with Gasteiger partial charge in [0.25, 0.3) is 0 Å². The first kappa shape index (κ1) is 9.59. The topological polar surface area (TPSA) is 9.23 Å². The fraction of sp³-hybridized carbons (Fsp3) is 0.400. The van der Waals surface area contributed by atoms with Gasteiger partial charge >= 0.3 is 0 Å². The summed E-state index contributed by atoms with van der Waals surface area (Å²) in [7, 11) is 1.69. The average Bonchev–Trinajstić information content (AvgIpc) is 2.17. The van der Waals surface area contributed by atoms with E-state index >= 15 is 0 Å². The molecule has 0 radical (unpaired) electrons. The number of benzene rings is 1. The van der Waals surface area contributed by atoms with Crippen LogP contribution >= 0.6 is 15.9 Å². The van der Waals surface area contributed by atoms with E-state index in [9.17, 15) is 0 Å². The van der Waals surface area contributed by atoms with Gasteiger partial charge in [-0.1, -0.05) is 35.0 Å². The van der Waals surface area contributed by atoms with E-state index in [0.717, 1.165) is 12.2 Å². The molecule has 1 aromatic rings. The van der Waals surface area contributed by atoms with Crippen molar-refractivity contribution in [2.24, 2.45) is 0 Å². The Kier molecular flexibility index (Phi) is 3.60. The number of alkyl halides is 1. The molecule has 66 valence electrons. The van der Waals surface area contributed by atoms with Crippen LogP contribution in [0.25, 0.3) is 0 Å². The van der Waals surface area contributed by atoms with Crippen molar-refractivity contribution in [3.05, 3.63) is 29.8 Å². The van der Waals surface area contributed by atoms with E-state index in [1.54, 1.807) is 7.11 Å². The summed E-state index contributed by atoms with van der Waals surface area (Å²) in [5, 5.41) is 0. The molecule has 0 aliphatic rings. The number of hydrogen-bond donors (Lipinski definition) is 0. The summed E-state index contributed by atoms with van der Waals surface area (Å²) in [6, 6.07) is 8.13. The van der Waals surface area contributed by atoms with E-state index in [2.05, 4.69) is 35.0 Å². The van der Waals surface area contributed by atoms with Gasteiger partial charge in [-0.3, -0.25) is 0 Å². The molecule has 0 aliphatic carbocycles. The van der Waals surface area contributed by atoms with Crippen molar-refractivity contribution in [1.82, 2.24) is 0 Å². The minimum atomic E-state index is 0.438. The highest BCUT2D eigenvalue weighted by atomic mass is 79.9. The maximum absolute atomic E-state index is 5.13. The van der Waals surface area contributed by atoms with E-state index in [4.69, 9.17) is 4.74 Å². The van der Waals surface area contributed by atoms with Crippen molar-refractivity contribution in [2.75, 3.05) is 7.11 Å². The van der Waals surface area contributed by atoms with Crippen LogP contribution in [0.3, 0.4) is 0 Å². The lowest BCUT2D eigenvalue weighted by Gasteiger charge is -2.08. The predicted octanol–water partition coefficient (Wildman–Crippen LogP) is 3.54. The zero-order chi connectivity index (χ0) is 8.97. The molecular formula is C10H13BrO. The molecule has 12 heavy (non-hydrogen) atoms. The van der Waals surface area contributed by atoms with Crippen LogP contribution in [0.5, 0.6) is 5.75 Å². The van der Waals surface area contributed by atoms with Gasteiger partial charge in [0, 0.05) is 4.83 Å². The first-order valence-electron chi connectivity index (χ1n) is 4.06. The van der Waals surface area contributed by atoms with Crippen molar-refractivity contribution in [2.45, 2.75) is 18.2 Å². The molecule has 0 aliphatic heterocycles. The lowest BCUT2D eigenvalue weighted by atomic mass is 10.1. The quantitative estimate of drug-likeness (QED) is 0.720. The van der Waals surface area contributed by atoms with Gasteiger partial charge in [0.15, 0.2) is 0 Å². The lowest BCUT2D eigenvalue weighted by Crippen LogP contribution is -1.89. The van der Waals surface area contributed by atoms with E-state index in [1.165, 1.54) is 5.56 Å². The number of hydrogen-bond acceptors (Lipinski definition) is 1. The average molecular weight is 229 g/mol. The molecule has 1 rings (SSSR count). The molecule has 1 atom stereocenters. The van der Waals surface area contributed by atoms with Crippen LogP contribution in [0.15, 0.2) is 24.3 Å². The van der Waals surface area contributed by atoms with Gasteiger partial charge in [-0.05, 0) is 24.1 Å². The summed E-state index contributed by atoms with van der Waals surface area (Å²) in [5.74, 6) is 0.922. The summed E-state index contributed by atoms with van der Waals surface area (Å²) in [6.07, 6.45) is 1.09. The summed E-state index contributed by atoms with van der Waals surface area (Å²) >= 11 is 3.59. The van der Waals surface area contributed by atoms with Crippen LogP contribution in [0.2, 0.25) is 0 Å². The Bertz CT molecular complexity index is 247. The fourth-order valence-electron chi connectivity index (χ4n) is 1.07. The van der Waals surface area contributed by atoms with Gasteiger partial charge in [0.1, 0.15) is 5.75 Å². The monoisotopic (exact) mass is 228 g/mol. The zero-order valence-corrected chi connectivity index (χ0v) is 8.97. The first-order valence-corrected chi connectivity index (χ1v) is 4.97. The molecular weight excluding hydrogens is 216 g/mol. The SMILES string of the molecule is CCC(Br)c1cccc(OC)c1. The smallest absolute Gasteiger partial charge is 0.119 e. The summed E-state index contributed by atoms with van der Waals surface area (Å²) in [5.41, 5.74) is 1.27. The lowest BCUT2D eigenvalue weighted by molar-refractivity contribution is 0.414. The molecule has 1 unspecified atom stereocenters. The normalized spacial score (nSPS) is 12.6. The van der Waals surface area contributed by atoms with E-state index in [1.807, 2.05) is 12.1 Å². The van der Waals surface area contributed by atoms with Crippen LogP contribution in [0.1, 0.15) is 23.7 Å². The predicted molar refractivity (Wildman–Crippen MR) is 55.0 cm³/mol. The van der Waals surface area contributed by atoms with Gasteiger partial charge in [0.05, 0.1) is 7.11 Å². The highest BCUT2D eigenvalue weighted by molar-refractivity contribution is 9.09. The second kappa shape index (κ2) is 4.51. The molecule has 2 heteroatoms. The number of methoxy groups -OCH3 is 1. The molecule has 1 nitrogen and oxygen atoms in total. The van der Waals surface area contributed by atoms with Crippen LogP contribution in [-0.4, -0.2) is 7.11 Å². The van der Waals surface area contributed by atoms with Gasteiger partial charge in [-0.15, -0.1) is 0 Å². The Labute approximate surface area is 81.9 Å². The molecule has 1 aromatic carbocycles. The van der Waals surface area contributed by atoms with Crippen molar-refractivity contribution in [1.29, 1.82) is 0 Å². The van der Waals surface area contributed by atoms with E-state index in [0.29, 0.717) is 4.83 Å². The van der Waals surface area contributed by atoms with Crippen molar-refractivity contribution in [3.63, 3.8) is 0 Å². The van der Waals surface area contributed by atoms with Crippen LogP contribution in [0.4, 0.5) is 0 Å². The van der Waals surface area contributed by atoms with Crippen LogP contribution < -0.4 is 4.74 Å². The molecule has 0 fully saturated rings. The minimum absolute atomic E-state index is 0.438. The second-order valence-electron chi connectivity index (χ2n) is 2.65. The maximum atomic E-state index is 5.13. The highest BCUT2D eigenvalue weighted by Gasteiger charge is 2.04. The van der Waals surface area contributed by atoms with Gasteiger partial charge in [-0.2, -0.15) is 0 Å². The Balaban J connectivity index is 2.86. The molecule has 0 N–H and O–H groups in total. The van der Waals surface area contributed by atoms with Gasteiger partial charge in [0.2, 0.25) is 0 Å². The third kappa shape index (κ3) is 2.24. The van der Waals surface area contributed by atoms with Gasteiger partial charge in [-0.25, -0.2) is 0 Å². The molecule has 0 amide bonds. The van der Waals surface area contributed by atoms with Crippen LogP contribution in [-0.2, 0) is 0 Å². The van der Waals surface area contributed by atoms with E-state index in [-0.39, 0.29) is 0 Å². The Morgan fingerprint density at radius 1 is 1.50 bits per heavy atom. The van der Waals surface area contributed by atoms with Crippen molar-refractivity contribution in [3.8, 4) is 5.75 Å². The maximum Gasteiger partial charge on any atom is 0.119 e.